The van der Waals surface area contributed by atoms with Crippen LogP contribution in [0.1, 0.15) is 94.9 Å². The van der Waals surface area contributed by atoms with Gasteiger partial charge in [-0.2, -0.15) is 0 Å². The van der Waals surface area contributed by atoms with Gasteiger partial charge in [0, 0.05) is 13.0 Å². The first-order valence-electron chi connectivity index (χ1n) is 15.8. The van der Waals surface area contributed by atoms with Gasteiger partial charge >= 0.3 is 0 Å². The third-order valence-electron chi connectivity index (χ3n) is 9.20. The van der Waals surface area contributed by atoms with E-state index < -0.39 is 16.6 Å². The molecule has 1 heterocycles. The van der Waals surface area contributed by atoms with Crippen LogP contribution in [0.5, 0.6) is 0 Å². The van der Waals surface area contributed by atoms with Crippen LogP contribution < -0.4 is 10.4 Å². The van der Waals surface area contributed by atoms with Crippen LogP contribution in [0, 0.1) is 0 Å². The third-order valence-corrected chi connectivity index (χ3v) is 20.4. The topological polar surface area (TPSA) is 44.8 Å². The van der Waals surface area contributed by atoms with Gasteiger partial charge in [-0.3, -0.25) is 4.79 Å². The molecule has 41 heavy (non-hydrogen) atoms. The molecule has 6 heteroatoms. The third kappa shape index (κ3) is 7.69. The zero-order valence-corrected chi connectivity index (χ0v) is 29.4. The first-order chi connectivity index (χ1) is 19.2. The van der Waals surface area contributed by atoms with Crippen molar-refractivity contribution in [3.05, 3.63) is 60.7 Å². The maximum atomic E-state index is 12.2. The summed E-state index contributed by atoms with van der Waals surface area (Å²) >= 11 is 0. The Morgan fingerprint density at radius 3 is 1.71 bits per heavy atom. The average molecular weight is 597 g/mol. The lowest BCUT2D eigenvalue weighted by atomic mass is 9.97. The van der Waals surface area contributed by atoms with E-state index in [9.17, 15) is 4.79 Å². The molecule has 1 aliphatic rings. The molecule has 0 radical (unpaired) electrons. The van der Waals surface area contributed by atoms with Gasteiger partial charge < -0.3 is 13.6 Å². The highest BCUT2D eigenvalue weighted by Gasteiger charge is 2.51. The zero-order chi connectivity index (χ0) is 30.4. The molecule has 2 aromatic carbocycles. The predicted molar refractivity (Wildman–Crippen MR) is 177 cm³/mol. The lowest BCUT2D eigenvalue weighted by molar-refractivity contribution is -0.129. The van der Waals surface area contributed by atoms with Crippen molar-refractivity contribution in [3.8, 4) is 0 Å². The van der Waals surface area contributed by atoms with Crippen LogP contribution >= 0.6 is 0 Å². The van der Waals surface area contributed by atoms with Crippen molar-refractivity contribution in [1.29, 1.82) is 0 Å². The Hall–Kier alpha value is -1.58. The quantitative estimate of drug-likeness (QED) is 0.220. The van der Waals surface area contributed by atoms with E-state index >= 15 is 0 Å². The van der Waals surface area contributed by atoms with E-state index in [1.165, 1.54) is 10.4 Å². The number of carbonyl (C=O) groups is 1. The van der Waals surface area contributed by atoms with E-state index in [2.05, 4.69) is 123 Å². The van der Waals surface area contributed by atoms with Crippen LogP contribution in [0.25, 0.3) is 0 Å². The van der Waals surface area contributed by atoms with Crippen LogP contribution in [0.15, 0.2) is 60.7 Å². The van der Waals surface area contributed by atoms with Gasteiger partial charge in [0.25, 0.3) is 8.32 Å². The molecular weight excluding hydrogens is 541 g/mol. The summed E-state index contributed by atoms with van der Waals surface area (Å²) in [5.41, 5.74) is 1.57. The van der Waals surface area contributed by atoms with E-state index in [1.807, 2.05) is 0 Å². The normalized spacial score (nSPS) is 20.7. The van der Waals surface area contributed by atoms with Crippen molar-refractivity contribution in [2.24, 2.45) is 0 Å². The summed E-state index contributed by atoms with van der Waals surface area (Å²) in [6.45, 7) is 23.3. The second kappa shape index (κ2) is 14.3. The molecule has 0 saturated carbocycles. The highest BCUT2D eigenvalue weighted by atomic mass is 28.4. The zero-order valence-electron chi connectivity index (χ0n) is 27.4. The van der Waals surface area contributed by atoms with Gasteiger partial charge in [0.05, 0.1) is 18.3 Å². The molecule has 1 fully saturated rings. The van der Waals surface area contributed by atoms with Crippen molar-refractivity contribution in [2.75, 3.05) is 6.61 Å². The Morgan fingerprint density at radius 2 is 1.29 bits per heavy atom. The van der Waals surface area contributed by atoms with Gasteiger partial charge in [0.2, 0.25) is 8.32 Å². The molecule has 0 aliphatic carbocycles. The first kappa shape index (κ1) is 33.9. The van der Waals surface area contributed by atoms with Crippen LogP contribution in [-0.2, 0) is 18.4 Å². The number of ether oxygens (including phenoxy) is 1. The number of rotatable bonds is 13. The Labute approximate surface area is 252 Å². The summed E-state index contributed by atoms with van der Waals surface area (Å²) in [5, 5.41) is 2.52. The summed E-state index contributed by atoms with van der Waals surface area (Å²) in [4.78, 5) is 12.2. The predicted octanol–water partition coefficient (Wildman–Crippen LogP) is 8.04. The molecule has 228 valence electrons. The molecule has 3 rings (SSSR count). The SMILES string of the molecule is CC(=O)C[C@H]1C[C@@H](O[Si](C(C)C)(C(C)C)C(C)C)C[C@@H](CCO[Si](c2ccccc2)(c2ccccc2)C(C)(C)C)O1. The molecule has 0 bridgehead atoms. The van der Waals surface area contributed by atoms with Crippen LogP contribution in [0.3, 0.4) is 0 Å². The largest absolute Gasteiger partial charge is 0.413 e. The average Bonchev–Trinajstić information content (AvgIpc) is 2.89. The van der Waals surface area contributed by atoms with Crippen molar-refractivity contribution in [2.45, 2.75) is 135 Å². The fourth-order valence-electron chi connectivity index (χ4n) is 7.60. The molecule has 1 aliphatic heterocycles. The van der Waals surface area contributed by atoms with E-state index in [4.69, 9.17) is 13.6 Å². The van der Waals surface area contributed by atoms with Gasteiger partial charge in [-0.15, -0.1) is 0 Å². The molecular formula is C35H56O4Si2. The minimum atomic E-state index is -2.61. The molecule has 2 aromatic rings. The summed E-state index contributed by atoms with van der Waals surface area (Å²) in [7, 11) is -4.66. The monoisotopic (exact) mass is 596 g/mol. The molecule has 0 unspecified atom stereocenters. The van der Waals surface area contributed by atoms with Gasteiger partial charge in [0.1, 0.15) is 5.78 Å². The number of Topliss-reactive ketones (excluding diaryl/α,β-unsaturated/α-hetero) is 1. The van der Waals surface area contributed by atoms with Gasteiger partial charge in [-0.1, -0.05) is 123 Å². The smallest absolute Gasteiger partial charge is 0.261 e. The lowest BCUT2D eigenvalue weighted by Gasteiger charge is -2.47. The summed E-state index contributed by atoms with van der Waals surface area (Å²) in [5.74, 6) is 0.179. The van der Waals surface area contributed by atoms with E-state index in [0.29, 0.717) is 29.7 Å². The van der Waals surface area contributed by atoms with Crippen molar-refractivity contribution in [3.63, 3.8) is 0 Å². The van der Waals surface area contributed by atoms with Crippen molar-refractivity contribution >= 4 is 32.8 Å². The van der Waals surface area contributed by atoms with Crippen LogP contribution in [-0.4, -0.2) is 47.3 Å². The standard InChI is InChI=1S/C35H56O4Si2/c1-26(2)40(27(3)4,28(5)6)39-32-24-30(38-31(25-32)23-29(7)36)21-22-37-41(35(8,9)10,33-17-13-11-14-18-33)34-19-15-12-16-20-34/h11-20,26-28,30-32H,21-25H2,1-10H3/t30-,31+,32+/m1/s1. The van der Waals surface area contributed by atoms with E-state index in [-0.39, 0.29) is 29.1 Å². The van der Waals surface area contributed by atoms with Crippen LogP contribution in [0.2, 0.25) is 21.7 Å². The second-order valence-corrected chi connectivity index (χ2v) is 23.8. The Morgan fingerprint density at radius 1 is 0.829 bits per heavy atom. The fraction of sp³-hybridized carbons (Fsp3) is 0.629. The van der Waals surface area contributed by atoms with Gasteiger partial charge in [-0.25, -0.2) is 0 Å². The highest BCUT2D eigenvalue weighted by molar-refractivity contribution is 6.99. The molecule has 1 saturated heterocycles. The van der Waals surface area contributed by atoms with Crippen LogP contribution in [0.4, 0.5) is 0 Å². The van der Waals surface area contributed by atoms with Gasteiger partial charge in [-0.05, 0) is 58.2 Å². The minimum absolute atomic E-state index is 0.00880. The molecule has 4 nitrogen and oxygen atoms in total. The Balaban J connectivity index is 1.87. The number of hydrogen-bond donors (Lipinski definition) is 0. The molecule has 0 aromatic heterocycles. The van der Waals surface area contributed by atoms with E-state index in [1.54, 1.807) is 6.92 Å². The molecule has 0 amide bonds. The summed E-state index contributed by atoms with van der Waals surface area (Å²) in [6.07, 6.45) is 2.93. The molecule has 0 N–H and O–H groups in total. The first-order valence-corrected chi connectivity index (χ1v) is 19.9. The number of carbonyl (C=O) groups excluding carboxylic acids is 1. The molecule has 3 atom stereocenters. The van der Waals surface area contributed by atoms with Crippen molar-refractivity contribution < 1.29 is 18.4 Å². The number of benzene rings is 2. The number of hydrogen-bond acceptors (Lipinski definition) is 4. The van der Waals surface area contributed by atoms with Crippen molar-refractivity contribution in [1.82, 2.24) is 0 Å². The second-order valence-electron chi connectivity index (χ2n) is 14.1. The summed E-state index contributed by atoms with van der Waals surface area (Å²) in [6, 6.07) is 21.6. The highest BCUT2D eigenvalue weighted by Crippen LogP contribution is 2.45. The minimum Gasteiger partial charge on any atom is -0.413 e. The Bertz CT molecular complexity index is 1020. The van der Waals surface area contributed by atoms with Gasteiger partial charge in [0.15, 0.2) is 0 Å². The summed E-state index contributed by atoms with van der Waals surface area (Å²) < 4.78 is 21.0. The molecule has 0 spiro atoms. The van der Waals surface area contributed by atoms with E-state index in [0.717, 1.165) is 19.3 Å². The Kier molecular flexibility index (Phi) is 11.8. The fourth-order valence-corrected chi connectivity index (χ4v) is 17.8. The maximum Gasteiger partial charge on any atom is 0.261 e. The number of ketones is 1. The maximum absolute atomic E-state index is 12.2. The lowest BCUT2D eigenvalue weighted by Crippen LogP contribution is -2.66.